The van der Waals surface area contributed by atoms with Gasteiger partial charge in [0.2, 0.25) is 5.91 Å². The van der Waals surface area contributed by atoms with Crippen LogP contribution in [0.5, 0.6) is 5.75 Å². The number of nitrogens with two attached hydrogens (primary N) is 1. The number of rotatable bonds is 10. The molecule has 3 rings (SSSR count). The Morgan fingerprint density at radius 1 is 0.971 bits per heavy atom. The Labute approximate surface area is 199 Å². The van der Waals surface area contributed by atoms with E-state index in [1.807, 2.05) is 0 Å². The van der Waals surface area contributed by atoms with Gasteiger partial charge in [0.1, 0.15) is 22.9 Å². The average molecular weight is 500 g/mol. The summed E-state index contributed by atoms with van der Waals surface area (Å²) in [6, 6.07) is 17.7. The summed E-state index contributed by atoms with van der Waals surface area (Å²) < 4.78 is 20.2. The van der Waals surface area contributed by atoms with Crippen molar-refractivity contribution in [2.45, 2.75) is 0 Å². The molecule has 0 atom stereocenters. The van der Waals surface area contributed by atoms with Crippen molar-refractivity contribution in [1.82, 2.24) is 10.3 Å². The minimum Gasteiger partial charge on any atom is -0.465 e. The summed E-state index contributed by atoms with van der Waals surface area (Å²) in [5.41, 5.74) is 6.77. The lowest BCUT2D eigenvalue weighted by Crippen LogP contribution is -2.33. The third kappa shape index (κ3) is 8.28. The Morgan fingerprint density at radius 2 is 1.66 bits per heavy atom. The van der Waals surface area contributed by atoms with Gasteiger partial charge in [0.15, 0.2) is 12.6 Å². The van der Waals surface area contributed by atoms with Gasteiger partial charge in [0.25, 0.3) is 5.91 Å². The lowest BCUT2D eigenvalue weighted by atomic mass is 10.2. The SMILES string of the molecule is Nc1nc(NC(=O)CNC(=O)c2ccccc2)ccc1/N=N/c1ccccc1OCOP(=O)(O)O. The minimum absolute atomic E-state index is 0.0249. The van der Waals surface area contributed by atoms with Crippen LogP contribution in [0.4, 0.5) is 23.0 Å². The van der Waals surface area contributed by atoms with Gasteiger partial charge in [-0.3, -0.25) is 9.59 Å². The lowest BCUT2D eigenvalue weighted by Gasteiger charge is -2.09. The zero-order chi connectivity index (χ0) is 25.3. The van der Waals surface area contributed by atoms with Crippen LogP contribution in [0.3, 0.4) is 0 Å². The van der Waals surface area contributed by atoms with Gasteiger partial charge in [-0.2, -0.15) is 0 Å². The number of phosphoric ester groups is 1. The molecule has 14 heteroatoms. The van der Waals surface area contributed by atoms with Crippen molar-refractivity contribution < 1.29 is 33.2 Å². The number of aromatic nitrogens is 1. The highest BCUT2D eigenvalue weighted by Gasteiger charge is 2.14. The van der Waals surface area contributed by atoms with Crippen molar-refractivity contribution in [3.05, 3.63) is 72.3 Å². The van der Waals surface area contributed by atoms with Crippen LogP contribution in [-0.2, 0) is 13.9 Å². The molecule has 0 fully saturated rings. The first-order chi connectivity index (χ1) is 16.7. The molecule has 6 N–H and O–H groups in total. The van der Waals surface area contributed by atoms with Crippen molar-refractivity contribution in [1.29, 1.82) is 0 Å². The molecule has 0 saturated carbocycles. The minimum atomic E-state index is -4.68. The third-order valence-electron chi connectivity index (χ3n) is 4.18. The fraction of sp³-hybridized carbons (Fsp3) is 0.0952. The van der Waals surface area contributed by atoms with E-state index in [1.165, 1.54) is 18.2 Å². The highest BCUT2D eigenvalue weighted by molar-refractivity contribution is 7.46. The molecule has 0 aliphatic heterocycles. The topological polar surface area (TPSA) is 198 Å². The van der Waals surface area contributed by atoms with Gasteiger partial charge in [-0.15, -0.1) is 10.2 Å². The molecule has 13 nitrogen and oxygen atoms in total. The quantitative estimate of drug-likeness (QED) is 0.158. The van der Waals surface area contributed by atoms with E-state index in [4.69, 9.17) is 20.3 Å². The van der Waals surface area contributed by atoms with Crippen molar-refractivity contribution in [2.75, 3.05) is 24.4 Å². The molecule has 2 amide bonds. The third-order valence-corrected chi connectivity index (χ3v) is 4.62. The monoisotopic (exact) mass is 500 g/mol. The highest BCUT2D eigenvalue weighted by atomic mass is 31.2. The fourth-order valence-corrected chi connectivity index (χ4v) is 2.78. The number of ether oxygens (including phenoxy) is 1. The number of nitrogen functional groups attached to an aromatic ring is 1. The zero-order valence-electron chi connectivity index (χ0n) is 18.1. The molecule has 1 heterocycles. The van der Waals surface area contributed by atoms with Crippen LogP contribution >= 0.6 is 7.82 Å². The van der Waals surface area contributed by atoms with Gasteiger partial charge in [-0.1, -0.05) is 30.3 Å². The molecule has 0 spiro atoms. The van der Waals surface area contributed by atoms with Crippen molar-refractivity contribution in [3.63, 3.8) is 0 Å². The number of hydrogen-bond acceptors (Lipinski definition) is 9. The van der Waals surface area contributed by atoms with Crippen LogP contribution in [-0.4, -0.2) is 39.9 Å². The smallest absolute Gasteiger partial charge is 0.465 e. The molecular formula is C21H21N6O7P. The summed E-state index contributed by atoms with van der Waals surface area (Å²) in [7, 11) is -4.68. The maximum atomic E-state index is 12.1. The number of nitrogens with one attached hydrogen (secondary N) is 2. The molecule has 0 aliphatic carbocycles. The standard InChI is InChI=1S/C21H21N6O7P/c22-20-16(27-26-15-8-4-5-9-17(15)33-13-34-35(30,31)32)10-11-18(25-20)24-19(28)12-23-21(29)14-6-2-1-3-7-14/h1-11H,12-13H2,(H,23,29)(H2,30,31,32)(H3,22,24,25,28)/b27-26+. The van der Waals surface area contributed by atoms with Crippen LogP contribution in [0.25, 0.3) is 0 Å². The van der Waals surface area contributed by atoms with E-state index >= 15 is 0 Å². The van der Waals surface area contributed by atoms with Gasteiger partial charge in [0, 0.05) is 5.56 Å². The number of carbonyl (C=O) groups excluding carboxylic acids is 2. The van der Waals surface area contributed by atoms with E-state index in [-0.39, 0.29) is 41.2 Å². The largest absolute Gasteiger partial charge is 0.472 e. The summed E-state index contributed by atoms with van der Waals surface area (Å²) in [4.78, 5) is 45.6. The summed E-state index contributed by atoms with van der Waals surface area (Å²) in [6.45, 7) is -0.958. The number of phosphoric acid groups is 1. The van der Waals surface area contributed by atoms with Crippen LogP contribution in [0, 0.1) is 0 Å². The number of nitrogens with zero attached hydrogens (tertiary/aromatic N) is 3. The summed E-state index contributed by atoms with van der Waals surface area (Å²) in [6.07, 6.45) is 0. The van der Waals surface area contributed by atoms with E-state index in [2.05, 4.69) is 30.4 Å². The number of carbonyl (C=O) groups is 2. The van der Waals surface area contributed by atoms with Gasteiger partial charge >= 0.3 is 7.82 Å². The van der Waals surface area contributed by atoms with E-state index in [0.29, 0.717) is 5.56 Å². The number of benzene rings is 2. The van der Waals surface area contributed by atoms with Gasteiger partial charge in [-0.05, 0) is 36.4 Å². The number of anilines is 2. The average Bonchev–Trinajstić information content (AvgIpc) is 2.82. The summed E-state index contributed by atoms with van der Waals surface area (Å²) >= 11 is 0. The van der Waals surface area contributed by atoms with Crippen molar-refractivity contribution >= 4 is 42.6 Å². The van der Waals surface area contributed by atoms with Crippen LogP contribution < -0.4 is 21.1 Å². The number of azo groups is 1. The highest BCUT2D eigenvalue weighted by Crippen LogP contribution is 2.36. The first-order valence-electron chi connectivity index (χ1n) is 9.94. The molecule has 0 unspecified atom stereocenters. The number of para-hydroxylation sites is 1. The van der Waals surface area contributed by atoms with Crippen molar-refractivity contribution in [3.8, 4) is 5.75 Å². The number of hydrogen-bond donors (Lipinski definition) is 5. The predicted molar refractivity (Wildman–Crippen MR) is 125 cm³/mol. The summed E-state index contributed by atoms with van der Waals surface area (Å²) in [5.74, 6) is -0.597. The predicted octanol–water partition coefficient (Wildman–Crippen LogP) is 2.89. The first-order valence-corrected chi connectivity index (χ1v) is 11.5. The Hall–Kier alpha value is -4.16. The maximum absolute atomic E-state index is 12.1. The second-order valence-electron chi connectivity index (χ2n) is 6.75. The Kier molecular flexibility index (Phi) is 8.59. The molecule has 0 radical (unpaired) electrons. The second-order valence-corrected chi connectivity index (χ2v) is 7.99. The fourth-order valence-electron chi connectivity index (χ4n) is 2.59. The first kappa shape index (κ1) is 25.5. The second kappa shape index (κ2) is 11.8. The normalized spacial score (nSPS) is 11.3. The van der Waals surface area contributed by atoms with Gasteiger partial charge in [-0.25, -0.2) is 14.1 Å². The molecule has 0 aliphatic rings. The molecule has 182 valence electrons. The van der Waals surface area contributed by atoms with E-state index < -0.39 is 20.5 Å². The Balaban J connectivity index is 1.58. The molecule has 1 aromatic heterocycles. The van der Waals surface area contributed by atoms with Crippen LogP contribution in [0.2, 0.25) is 0 Å². The van der Waals surface area contributed by atoms with Crippen LogP contribution in [0.1, 0.15) is 10.4 Å². The number of pyridine rings is 1. The maximum Gasteiger partial charge on any atom is 0.472 e. The molecule has 2 aromatic carbocycles. The van der Waals surface area contributed by atoms with E-state index in [0.717, 1.165) is 0 Å². The molecule has 3 aromatic rings. The molecule has 0 bridgehead atoms. The van der Waals surface area contributed by atoms with Gasteiger partial charge < -0.3 is 30.9 Å². The lowest BCUT2D eigenvalue weighted by molar-refractivity contribution is -0.115. The van der Waals surface area contributed by atoms with Gasteiger partial charge in [0.05, 0.1) is 6.54 Å². The summed E-state index contributed by atoms with van der Waals surface area (Å²) in [5, 5.41) is 13.0. The van der Waals surface area contributed by atoms with Crippen LogP contribution in [0.15, 0.2) is 77.0 Å². The number of amides is 2. The zero-order valence-corrected chi connectivity index (χ0v) is 19.0. The van der Waals surface area contributed by atoms with E-state index in [1.54, 1.807) is 48.5 Å². The molecular weight excluding hydrogens is 479 g/mol. The van der Waals surface area contributed by atoms with Crippen molar-refractivity contribution in [2.24, 2.45) is 10.2 Å². The van der Waals surface area contributed by atoms with E-state index in [9.17, 15) is 14.2 Å². The Morgan fingerprint density at radius 3 is 2.37 bits per heavy atom. The molecule has 35 heavy (non-hydrogen) atoms. The Bertz CT molecular complexity index is 1270. The molecule has 0 saturated heterocycles.